The van der Waals surface area contributed by atoms with Gasteiger partial charge in [0.25, 0.3) is 0 Å². The van der Waals surface area contributed by atoms with Gasteiger partial charge in [0.1, 0.15) is 10.0 Å². The van der Waals surface area contributed by atoms with Crippen LogP contribution < -0.4 is 4.90 Å². The number of pyridine rings is 1. The molecule has 15 heavy (non-hydrogen) atoms. The predicted octanol–water partition coefficient (Wildman–Crippen LogP) is 2.41. The van der Waals surface area contributed by atoms with Gasteiger partial charge in [-0.3, -0.25) is 4.98 Å². The SMILES string of the molecule is CN(C)c1sc(-c2cccnc2)nc1F. The van der Waals surface area contributed by atoms with Crippen molar-refractivity contribution in [3.63, 3.8) is 0 Å². The molecular weight excluding hydrogens is 213 g/mol. The minimum atomic E-state index is -0.427. The predicted molar refractivity (Wildman–Crippen MR) is 59.6 cm³/mol. The van der Waals surface area contributed by atoms with E-state index in [1.165, 1.54) is 11.3 Å². The molecular formula is C10H10FN3S. The van der Waals surface area contributed by atoms with Gasteiger partial charge in [-0.05, 0) is 12.1 Å². The van der Waals surface area contributed by atoms with Crippen LogP contribution in [0.15, 0.2) is 24.5 Å². The van der Waals surface area contributed by atoms with Crippen molar-refractivity contribution < 1.29 is 4.39 Å². The van der Waals surface area contributed by atoms with Gasteiger partial charge in [0.15, 0.2) is 0 Å². The third-order valence-electron chi connectivity index (χ3n) is 1.88. The summed E-state index contributed by atoms with van der Waals surface area (Å²) in [6, 6.07) is 3.68. The second kappa shape index (κ2) is 3.94. The molecule has 0 aromatic carbocycles. The van der Waals surface area contributed by atoms with E-state index in [4.69, 9.17) is 0 Å². The molecule has 3 nitrogen and oxygen atoms in total. The van der Waals surface area contributed by atoms with E-state index in [9.17, 15) is 4.39 Å². The van der Waals surface area contributed by atoms with Crippen molar-refractivity contribution in [1.82, 2.24) is 9.97 Å². The lowest BCUT2D eigenvalue weighted by atomic mass is 10.3. The topological polar surface area (TPSA) is 29.0 Å². The van der Waals surface area contributed by atoms with Gasteiger partial charge in [0.2, 0.25) is 5.95 Å². The van der Waals surface area contributed by atoms with Crippen LogP contribution in [-0.2, 0) is 0 Å². The fourth-order valence-electron chi connectivity index (χ4n) is 1.18. The van der Waals surface area contributed by atoms with E-state index in [0.29, 0.717) is 10.0 Å². The number of anilines is 1. The van der Waals surface area contributed by atoms with Crippen LogP contribution in [0.5, 0.6) is 0 Å². The molecule has 0 aliphatic carbocycles. The lowest BCUT2D eigenvalue weighted by Gasteiger charge is -2.06. The zero-order valence-electron chi connectivity index (χ0n) is 8.44. The fourth-order valence-corrected chi connectivity index (χ4v) is 2.04. The van der Waals surface area contributed by atoms with Crippen LogP contribution >= 0.6 is 11.3 Å². The average Bonchev–Trinajstić information content (AvgIpc) is 2.62. The molecule has 0 atom stereocenters. The highest BCUT2D eigenvalue weighted by molar-refractivity contribution is 7.18. The van der Waals surface area contributed by atoms with Gasteiger partial charge in [-0.25, -0.2) is 4.98 Å². The Morgan fingerprint density at radius 1 is 1.40 bits per heavy atom. The summed E-state index contributed by atoms with van der Waals surface area (Å²) in [5, 5.41) is 1.19. The second-order valence-electron chi connectivity index (χ2n) is 3.25. The first kappa shape index (κ1) is 10.0. The summed E-state index contributed by atoms with van der Waals surface area (Å²) < 4.78 is 13.4. The Morgan fingerprint density at radius 2 is 2.20 bits per heavy atom. The van der Waals surface area contributed by atoms with Crippen molar-refractivity contribution in [2.24, 2.45) is 0 Å². The number of thiazole rings is 1. The highest BCUT2D eigenvalue weighted by Crippen LogP contribution is 2.31. The van der Waals surface area contributed by atoms with Crippen LogP contribution in [0.2, 0.25) is 0 Å². The zero-order valence-corrected chi connectivity index (χ0v) is 9.25. The summed E-state index contributed by atoms with van der Waals surface area (Å²) in [7, 11) is 3.59. The van der Waals surface area contributed by atoms with E-state index in [2.05, 4.69) is 9.97 Å². The van der Waals surface area contributed by atoms with E-state index in [0.717, 1.165) is 5.56 Å². The molecule has 5 heteroatoms. The summed E-state index contributed by atoms with van der Waals surface area (Å²) in [5.74, 6) is -0.427. The largest absolute Gasteiger partial charge is 0.366 e. The number of nitrogens with zero attached hydrogens (tertiary/aromatic N) is 3. The van der Waals surface area contributed by atoms with Gasteiger partial charge in [0, 0.05) is 32.1 Å². The summed E-state index contributed by atoms with van der Waals surface area (Å²) in [6.45, 7) is 0. The Labute approximate surface area is 91.2 Å². The number of aromatic nitrogens is 2. The molecule has 0 N–H and O–H groups in total. The molecule has 0 unspecified atom stereocenters. The van der Waals surface area contributed by atoms with Crippen molar-refractivity contribution in [3.05, 3.63) is 30.5 Å². The van der Waals surface area contributed by atoms with E-state index in [1.54, 1.807) is 31.4 Å². The Kier molecular flexibility index (Phi) is 2.64. The molecule has 2 rings (SSSR count). The third kappa shape index (κ3) is 1.97. The smallest absolute Gasteiger partial charge is 0.248 e. The molecule has 2 aromatic heterocycles. The van der Waals surface area contributed by atoms with Crippen molar-refractivity contribution in [2.45, 2.75) is 0 Å². The van der Waals surface area contributed by atoms with Crippen molar-refractivity contribution in [2.75, 3.05) is 19.0 Å². The summed E-state index contributed by atoms with van der Waals surface area (Å²) in [6.07, 6.45) is 3.36. The molecule has 0 amide bonds. The maximum absolute atomic E-state index is 13.4. The van der Waals surface area contributed by atoms with Crippen molar-refractivity contribution in [3.8, 4) is 10.6 Å². The van der Waals surface area contributed by atoms with Gasteiger partial charge in [-0.1, -0.05) is 11.3 Å². The molecule has 0 aliphatic heterocycles. The average molecular weight is 223 g/mol. The van der Waals surface area contributed by atoms with Crippen molar-refractivity contribution in [1.29, 1.82) is 0 Å². The minimum Gasteiger partial charge on any atom is -0.366 e. The van der Waals surface area contributed by atoms with Crippen LogP contribution in [0.1, 0.15) is 0 Å². The maximum atomic E-state index is 13.4. The van der Waals surface area contributed by atoms with Crippen LogP contribution in [0.3, 0.4) is 0 Å². The third-order valence-corrected chi connectivity index (χ3v) is 3.13. The normalized spacial score (nSPS) is 10.3. The van der Waals surface area contributed by atoms with Gasteiger partial charge in [-0.2, -0.15) is 4.39 Å². The monoisotopic (exact) mass is 223 g/mol. The van der Waals surface area contributed by atoms with Gasteiger partial charge in [0.05, 0.1) is 0 Å². The molecule has 0 fully saturated rings. The first-order valence-corrected chi connectivity index (χ1v) is 5.24. The van der Waals surface area contributed by atoms with Gasteiger partial charge >= 0.3 is 0 Å². The first-order chi connectivity index (χ1) is 7.18. The van der Waals surface area contributed by atoms with E-state index >= 15 is 0 Å². The zero-order chi connectivity index (χ0) is 10.8. The van der Waals surface area contributed by atoms with E-state index < -0.39 is 5.95 Å². The Hall–Kier alpha value is -1.49. The van der Waals surface area contributed by atoms with E-state index in [1.807, 2.05) is 12.1 Å². The molecule has 0 spiro atoms. The lowest BCUT2D eigenvalue weighted by Crippen LogP contribution is -2.08. The van der Waals surface area contributed by atoms with Crippen LogP contribution in [0, 0.1) is 5.95 Å². The Balaban J connectivity index is 2.43. The molecule has 78 valence electrons. The van der Waals surface area contributed by atoms with Gasteiger partial charge < -0.3 is 4.90 Å². The Morgan fingerprint density at radius 3 is 2.73 bits per heavy atom. The van der Waals surface area contributed by atoms with Crippen LogP contribution in [-0.4, -0.2) is 24.1 Å². The number of hydrogen-bond donors (Lipinski definition) is 0. The standard InChI is InChI=1S/C10H10FN3S/c1-14(2)10-8(11)13-9(15-10)7-4-3-5-12-6-7/h3-6H,1-2H3. The molecule has 2 heterocycles. The maximum Gasteiger partial charge on any atom is 0.248 e. The van der Waals surface area contributed by atoms with E-state index in [-0.39, 0.29) is 0 Å². The Bertz CT molecular complexity index is 453. The second-order valence-corrected chi connectivity index (χ2v) is 4.23. The molecule has 2 aromatic rings. The molecule has 0 aliphatic rings. The van der Waals surface area contributed by atoms with Crippen molar-refractivity contribution >= 4 is 16.3 Å². The summed E-state index contributed by atoms with van der Waals surface area (Å²) in [5.41, 5.74) is 0.842. The highest BCUT2D eigenvalue weighted by Gasteiger charge is 2.13. The number of halogens is 1. The molecule has 0 saturated carbocycles. The lowest BCUT2D eigenvalue weighted by molar-refractivity contribution is 0.592. The molecule has 0 saturated heterocycles. The number of hydrogen-bond acceptors (Lipinski definition) is 4. The first-order valence-electron chi connectivity index (χ1n) is 4.42. The molecule has 0 bridgehead atoms. The van der Waals surface area contributed by atoms with Gasteiger partial charge in [-0.15, -0.1) is 0 Å². The quantitative estimate of drug-likeness (QED) is 0.783. The minimum absolute atomic E-state index is 0.427. The number of rotatable bonds is 2. The highest BCUT2D eigenvalue weighted by atomic mass is 32.1. The summed E-state index contributed by atoms with van der Waals surface area (Å²) >= 11 is 1.32. The van der Waals surface area contributed by atoms with Crippen LogP contribution in [0.25, 0.3) is 10.6 Å². The van der Waals surface area contributed by atoms with Crippen LogP contribution in [0.4, 0.5) is 9.39 Å². The summed E-state index contributed by atoms with van der Waals surface area (Å²) in [4.78, 5) is 9.56. The molecule has 0 radical (unpaired) electrons. The fraction of sp³-hybridized carbons (Fsp3) is 0.200.